The summed E-state index contributed by atoms with van der Waals surface area (Å²) >= 11 is 0. The van der Waals surface area contributed by atoms with Crippen LogP contribution in [-0.2, 0) is 16.1 Å². The van der Waals surface area contributed by atoms with Gasteiger partial charge in [-0.05, 0) is 36.1 Å². The van der Waals surface area contributed by atoms with Crippen LogP contribution in [0, 0.1) is 5.92 Å². The Bertz CT molecular complexity index is 1020. The van der Waals surface area contributed by atoms with Gasteiger partial charge in [-0.1, -0.05) is 50.2 Å². The second-order valence-electron chi connectivity index (χ2n) is 8.06. The summed E-state index contributed by atoms with van der Waals surface area (Å²) in [6.07, 6.45) is 0. The van der Waals surface area contributed by atoms with Crippen molar-refractivity contribution in [3.8, 4) is 11.5 Å². The number of carbonyl (C=O) groups excluding carboxylic acids is 2. The maximum Gasteiger partial charge on any atom is 0.338 e. The number of benzene rings is 2. The van der Waals surface area contributed by atoms with Crippen LogP contribution < -0.4 is 14.8 Å². The minimum absolute atomic E-state index is 0.152. The van der Waals surface area contributed by atoms with Gasteiger partial charge in [0.1, 0.15) is 0 Å². The molecule has 2 aliphatic heterocycles. The second-order valence-corrected chi connectivity index (χ2v) is 8.06. The van der Waals surface area contributed by atoms with Crippen molar-refractivity contribution in [1.82, 2.24) is 10.2 Å². The monoisotopic (exact) mass is 422 g/mol. The van der Waals surface area contributed by atoms with E-state index in [2.05, 4.69) is 5.32 Å². The van der Waals surface area contributed by atoms with E-state index in [0.29, 0.717) is 35.9 Å². The molecule has 0 saturated carbocycles. The van der Waals surface area contributed by atoms with Crippen LogP contribution in [0.5, 0.6) is 11.5 Å². The number of rotatable bonds is 6. The molecule has 0 bridgehead atoms. The number of amides is 2. The van der Waals surface area contributed by atoms with Crippen LogP contribution in [0.2, 0.25) is 0 Å². The van der Waals surface area contributed by atoms with E-state index in [9.17, 15) is 9.59 Å². The Balaban J connectivity index is 1.71. The maximum atomic E-state index is 13.1. The van der Waals surface area contributed by atoms with Crippen LogP contribution in [0.15, 0.2) is 59.8 Å². The summed E-state index contributed by atoms with van der Waals surface area (Å²) in [7, 11) is 0. The molecule has 7 nitrogen and oxygen atoms in total. The van der Waals surface area contributed by atoms with E-state index in [1.54, 1.807) is 24.0 Å². The number of allylic oxidation sites excluding steroid dienone is 1. The minimum atomic E-state index is -0.645. The second kappa shape index (κ2) is 8.71. The molecule has 2 amide bonds. The molecule has 2 aromatic rings. The smallest absolute Gasteiger partial charge is 0.338 e. The zero-order valence-electron chi connectivity index (χ0n) is 17.9. The first-order valence-electron chi connectivity index (χ1n) is 10.3. The fraction of sp³-hybridized carbons (Fsp3) is 0.333. The number of nitrogens with one attached hydrogen (secondary N) is 1. The van der Waals surface area contributed by atoms with E-state index in [-0.39, 0.29) is 18.7 Å². The average Bonchev–Trinajstić information content (AvgIpc) is 3.23. The molecule has 31 heavy (non-hydrogen) atoms. The largest absolute Gasteiger partial charge is 0.462 e. The number of urea groups is 1. The number of nitrogens with zero attached hydrogens (tertiary/aromatic N) is 1. The summed E-state index contributed by atoms with van der Waals surface area (Å²) in [6.45, 7) is 6.55. The molecule has 1 unspecified atom stereocenters. The zero-order chi connectivity index (χ0) is 22.0. The average molecular weight is 422 g/mol. The summed E-state index contributed by atoms with van der Waals surface area (Å²) in [5.41, 5.74) is 2.68. The highest BCUT2D eigenvalue weighted by Gasteiger charge is 2.37. The molecule has 2 heterocycles. The highest BCUT2D eigenvalue weighted by atomic mass is 16.7. The Morgan fingerprint density at radius 3 is 2.65 bits per heavy atom. The third-order valence-corrected chi connectivity index (χ3v) is 5.28. The summed E-state index contributed by atoms with van der Waals surface area (Å²) in [4.78, 5) is 27.7. The van der Waals surface area contributed by atoms with Gasteiger partial charge in [0.05, 0.1) is 24.8 Å². The normalized spacial score (nSPS) is 17.7. The Hall–Kier alpha value is -3.48. The lowest BCUT2D eigenvalue weighted by Crippen LogP contribution is -2.47. The number of esters is 1. The first-order chi connectivity index (χ1) is 14.9. The minimum Gasteiger partial charge on any atom is -0.462 e. The highest BCUT2D eigenvalue weighted by molar-refractivity contribution is 5.95. The lowest BCUT2D eigenvalue weighted by Gasteiger charge is -2.35. The van der Waals surface area contributed by atoms with Crippen molar-refractivity contribution in [2.24, 2.45) is 5.92 Å². The van der Waals surface area contributed by atoms with Gasteiger partial charge in [0.2, 0.25) is 6.79 Å². The van der Waals surface area contributed by atoms with E-state index >= 15 is 0 Å². The Morgan fingerprint density at radius 1 is 1.16 bits per heavy atom. The summed E-state index contributed by atoms with van der Waals surface area (Å²) < 4.78 is 16.4. The van der Waals surface area contributed by atoms with E-state index in [4.69, 9.17) is 14.2 Å². The molecule has 0 aliphatic carbocycles. The van der Waals surface area contributed by atoms with Gasteiger partial charge >= 0.3 is 12.0 Å². The van der Waals surface area contributed by atoms with Crippen LogP contribution in [0.1, 0.15) is 37.9 Å². The number of ether oxygens (including phenoxy) is 3. The molecular weight excluding hydrogens is 396 g/mol. The van der Waals surface area contributed by atoms with Gasteiger partial charge in [0.15, 0.2) is 11.5 Å². The molecule has 7 heteroatoms. The molecule has 2 aliphatic rings. The van der Waals surface area contributed by atoms with Crippen LogP contribution in [0.4, 0.5) is 4.79 Å². The van der Waals surface area contributed by atoms with Crippen LogP contribution in [0.25, 0.3) is 0 Å². The van der Waals surface area contributed by atoms with Crippen molar-refractivity contribution in [1.29, 1.82) is 0 Å². The SMILES string of the molecule is CC1=C(C(=O)OCC(C)C)C(c2ccc3c(c2)OCO3)NC(=O)N1Cc1ccccc1. The molecule has 0 radical (unpaired) electrons. The van der Waals surface area contributed by atoms with Crippen LogP contribution in [-0.4, -0.2) is 30.3 Å². The van der Waals surface area contributed by atoms with Crippen molar-refractivity contribution >= 4 is 12.0 Å². The molecule has 0 fully saturated rings. The van der Waals surface area contributed by atoms with Gasteiger partial charge in [-0.3, -0.25) is 4.90 Å². The Kier molecular flexibility index (Phi) is 5.84. The van der Waals surface area contributed by atoms with Crippen molar-refractivity contribution < 1.29 is 23.8 Å². The number of fused-ring (bicyclic) bond motifs is 1. The predicted octanol–water partition coefficient (Wildman–Crippen LogP) is 4.16. The van der Waals surface area contributed by atoms with E-state index in [1.165, 1.54) is 0 Å². The molecule has 4 rings (SSSR count). The van der Waals surface area contributed by atoms with E-state index in [0.717, 1.165) is 11.1 Å². The Morgan fingerprint density at radius 2 is 1.90 bits per heavy atom. The third kappa shape index (κ3) is 4.35. The predicted molar refractivity (Wildman–Crippen MR) is 114 cm³/mol. The lowest BCUT2D eigenvalue weighted by molar-refractivity contribution is -0.140. The Labute approximate surface area is 181 Å². The van der Waals surface area contributed by atoms with Gasteiger partial charge in [-0.15, -0.1) is 0 Å². The number of hydrogen-bond acceptors (Lipinski definition) is 5. The van der Waals surface area contributed by atoms with Crippen molar-refractivity contribution in [3.05, 3.63) is 70.9 Å². The van der Waals surface area contributed by atoms with Crippen molar-refractivity contribution in [2.45, 2.75) is 33.4 Å². The third-order valence-electron chi connectivity index (χ3n) is 5.28. The van der Waals surface area contributed by atoms with Gasteiger partial charge in [0.25, 0.3) is 0 Å². The molecular formula is C24H26N2O5. The number of hydrogen-bond donors (Lipinski definition) is 1. The molecule has 162 valence electrons. The standard InChI is InChI=1S/C24H26N2O5/c1-15(2)13-29-23(27)21-16(3)26(12-17-7-5-4-6-8-17)24(28)25-22(21)18-9-10-19-20(11-18)31-14-30-19/h4-11,15,22H,12-14H2,1-3H3,(H,25,28). The van der Waals surface area contributed by atoms with Crippen LogP contribution in [0.3, 0.4) is 0 Å². The van der Waals surface area contributed by atoms with E-state index in [1.807, 2.05) is 50.2 Å². The summed E-state index contributed by atoms with van der Waals surface area (Å²) in [6, 6.07) is 14.1. The first-order valence-corrected chi connectivity index (χ1v) is 10.3. The zero-order valence-corrected chi connectivity index (χ0v) is 17.9. The summed E-state index contributed by atoms with van der Waals surface area (Å²) in [5, 5.41) is 2.98. The van der Waals surface area contributed by atoms with Gasteiger partial charge in [-0.25, -0.2) is 9.59 Å². The maximum absolute atomic E-state index is 13.1. The first kappa shape index (κ1) is 20.8. The van der Waals surface area contributed by atoms with Crippen molar-refractivity contribution in [3.63, 3.8) is 0 Å². The van der Waals surface area contributed by atoms with Crippen molar-refractivity contribution in [2.75, 3.05) is 13.4 Å². The fourth-order valence-electron chi connectivity index (χ4n) is 3.66. The van der Waals surface area contributed by atoms with Gasteiger partial charge in [0, 0.05) is 5.70 Å². The molecule has 0 saturated heterocycles. The molecule has 0 aromatic heterocycles. The molecule has 1 N–H and O–H groups in total. The van der Waals surface area contributed by atoms with Gasteiger partial charge in [-0.2, -0.15) is 0 Å². The highest BCUT2D eigenvalue weighted by Crippen LogP contribution is 2.38. The van der Waals surface area contributed by atoms with Crippen LogP contribution >= 0.6 is 0 Å². The lowest BCUT2D eigenvalue weighted by atomic mass is 9.94. The van der Waals surface area contributed by atoms with Gasteiger partial charge < -0.3 is 19.5 Å². The summed E-state index contributed by atoms with van der Waals surface area (Å²) in [5.74, 6) is 0.992. The molecule has 1 atom stereocenters. The fourth-order valence-corrected chi connectivity index (χ4v) is 3.66. The quantitative estimate of drug-likeness (QED) is 0.708. The molecule has 2 aromatic carbocycles. The number of carbonyl (C=O) groups is 2. The molecule has 0 spiro atoms. The van der Waals surface area contributed by atoms with E-state index < -0.39 is 12.0 Å². The topological polar surface area (TPSA) is 77.1 Å².